The van der Waals surface area contributed by atoms with Crippen LogP contribution >= 0.6 is 0 Å². The van der Waals surface area contributed by atoms with Crippen LogP contribution in [0.2, 0.25) is 0 Å². The molecule has 0 spiro atoms. The zero-order chi connectivity index (χ0) is 19.4. The van der Waals surface area contributed by atoms with Gasteiger partial charge in [0.1, 0.15) is 5.71 Å². The lowest BCUT2D eigenvalue weighted by molar-refractivity contribution is 0.0697. The van der Waals surface area contributed by atoms with Crippen LogP contribution in [0.3, 0.4) is 0 Å². The van der Waals surface area contributed by atoms with Gasteiger partial charge in [0, 0.05) is 34.8 Å². The molecule has 0 aliphatic carbocycles. The molecule has 0 unspecified atom stereocenters. The monoisotopic (exact) mass is 356 g/mol. The van der Waals surface area contributed by atoms with Crippen molar-refractivity contribution in [2.24, 2.45) is 9.98 Å². The Morgan fingerprint density at radius 2 is 2.15 bits per heavy atom. The number of hydrogen-bond donors (Lipinski definition) is 3. The van der Waals surface area contributed by atoms with Gasteiger partial charge >= 0.3 is 5.97 Å². The maximum atomic E-state index is 11.3. The summed E-state index contributed by atoms with van der Waals surface area (Å²) in [6.07, 6.45) is 8.61. The first-order chi connectivity index (χ1) is 13.0. The standard InChI is InChI=1S/C21H16N4O2/c1-3-13-6-5-7-15(10-13)24-20-19(22)17(12-23-4-2)16-9-8-14(21(26)27)11-18(16)25-20/h1,4-12,22H,2H3,(H,24,25)(H,26,27)/b17-12-,22-19?,23-4-. The summed E-state index contributed by atoms with van der Waals surface area (Å²) in [4.78, 5) is 19.9. The molecule has 0 bridgehead atoms. The van der Waals surface area contributed by atoms with E-state index in [1.807, 2.05) is 6.07 Å². The number of carbonyl (C=O) groups is 1. The topological polar surface area (TPSA) is 97.9 Å². The fourth-order valence-corrected chi connectivity index (χ4v) is 2.62. The molecule has 0 atom stereocenters. The Hall–Kier alpha value is -3.98. The molecule has 2 aromatic rings. The van der Waals surface area contributed by atoms with Crippen molar-refractivity contribution in [1.29, 1.82) is 5.41 Å². The Labute approximate surface area is 156 Å². The molecule has 0 saturated heterocycles. The van der Waals surface area contributed by atoms with Gasteiger partial charge in [-0.1, -0.05) is 18.1 Å². The van der Waals surface area contributed by atoms with E-state index >= 15 is 0 Å². The lowest BCUT2D eigenvalue weighted by Crippen LogP contribution is -2.26. The van der Waals surface area contributed by atoms with Crippen LogP contribution in [-0.4, -0.2) is 28.8 Å². The fraction of sp³-hybridized carbons (Fsp3) is 0.0476. The Bertz CT molecular complexity index is 1070. The second-order valence-corrected chi connectivity index (χ2v) is 5.67. The zero-order valence-electron chi connectivity index (χ0n) is 14.5. The molecule has 6 nitrogen and oxygen atoms in total. The predicted octanol–water partition coefficient (Wildman–Crippen LogP) is 3.97. The minimum atomic E-state index is -1.04. The summed E-state index contributed by atoms with van der Waals surface area (Å²) in [6, 6.07) is 11.8. The number of fused-ring (bicyclic) bond motifs is 1. The van der Waals surface area contributed by atoms with Gasteiger partial charge in [0.15, 0.2) is 5.84 Å². The highest BCUT2D eigenvalue weighted by Gasteiger charge is 2.24. The third-order valence-electron chi connectivity index (χ3n) is 3.92. The van der Waals surface area contributed by atoms with E-state index < -0.39 is 5.97 Å². The van der Waals surface area contributed by atoms with Crippen LogP contribution in [0, 0.1) is 17.8 Å². The third kappa shape index (κ3) is 3.67. The van der Waals surface area contributed by atoms with E-state index in [4.69, 9.17) is 11.8 Å². The molecule has 27 heavy (non-hydrogen) atoms. The Morgan fingerprint density at radius 3 is 2.85 bits per heavy atom. The molecule has 0 radical (unpaired) electrons. The highest BCUT2D eigenvalue weighted by Crippen LogP contribution is 2.33. The zero-order valence-corrected chi connectivity index (χ0v) is 14.5. The van der Waals surface area contributed by atoms with Crippen LogP contribution in [0.15, 0.2) is 58.6 Å². The molecular formula is C21H16N4O2. The molecule has 3 N–H and O–H groups in total. The van der Waals surface area contributed by atoms with E-state index in [-0.39, 0.29) is 17.1 Å². The first kappa shape index (κ1) is 17.8. The first-order valence-electron chi connectivity index (χ1n) is 8.11. The van der Waals surface area contributed by atoms with Gasteiger partial charge in [0.2, 0.25) is 0 Å². The van der Waals surface area contributed by atoms with E-state index in [1.165, 1.54) is 12.1 Å². The van der Waals surface area contributed by atoms with Gasteiger partial charge in [0.05, 0.1) is 11.3 Å². The second-order valence-electron chi connectivity index (χ2n) is 5.67. The molecule has 1 aliphatic heterocycles. The molecule has 1 heterocycles. The smallest absolute Gasteiger partial charge is 0.335 e. The number of carboxylic acid groups (broad SMARTS) is 1. The van der Waals surface area contributed by atoms with Gasteiger partial charge < -0.3 is 10.4 Å². The number of nitrogens with zero attached hydrogens (tertiary/aromatic N) is 2. The molecule has 1 aliphatic rings. The van der Waals surface area contributed by atoms with Crippen molar-refractivity contribution < 1.29 is 9.90 Å². The molecule has 3 rings (SSSR count). The van der Waals surface area contributed by atoms with Crippen molar-refractivity contribution in [3.8, 4) is 12.3 Å². The molecule has 2 aromatic carbocycles. The number of nitrogens with one attached hydrogen (secondary N) is 2. The average molecular weight is 356 g/mol. The number of rotatable bonds is 3. The number of benzene rings is 2. The maximum Gasteiger partial charge on any atom is 0.335 e. The van der Waals surface area contributed by atoms with Crippen LogP contribution in [0.5, 0.6) is 0 Å². The van der Waals surface area contributed by atoms with Crippen LogP contribution in [-0.2, 0) is 0 Å². The first-order valence-corrected chi connectivity index (χ1v) is 8.11. The number of carboxylic acids is 1. The average Bonchev–Trinajstić information content (AvgIpc) is 2.67. The predicted molar refractivity (Wildman–Crippen MR) is 108 cm³/mol. The van der Waals surface area contributed by atoms with Crippen molar-refractivity contribution in [2.45, 2.75) is 6.92 Å². The number of anilines is 1. The van der Waals surface area contributed by atoms with Gasteiger partial charge in [-0.15, -0.1) is 6.42 Å². The van der Waals surface area contributed by atoms with E-state index in [2.05, 4.69) is 21.2 Å². The highest BCUT2D eigenvalue weighted by molar-refractivity contribution is 6.60. The summed E-state index contributed by atoms with van der Waals surface area (Å²) >= 11 is 0. The molecule has 0 aromatic heterocycles. The summed E-state index contributed by atoms with van der Waals surface area (Å²) in [7, 11) is 0. The summed E-state index contributed by atoms with van der Waals surface area (Å²) in [6.45, 7) is 1.77. The summed E-state index contributed by atoms with van der Waals surface area (Å²) in [5.41, 5.74) is 3.32. The number of aliphatic imine (C=N–C) groups is 2. The quantitative estimate of drug-likeness (QED) is 0.573. The second kappa shape index (κ2) is 7.50. The summed E-state index contributed by atoms with van der Waals surface area (Å²) in [5.74, 6) is 1.81. The van der Waals surface area contributed by atoms with Gasteiger partial charge in [-0.25, -0.2) is 9.79 Å². The van der Waals surface area contributed by atoms with Crippen LogP contribution in [0.25, 0.3) is 5.57 Å². The lowest BCUT2D eigenvalue weighted by atomic mass is 9.95. The minimum Gasteiger partial charge on any atom is -0.478 e. The Morgan fingerprint density at radius 1 is 1.33 bits per heavy atom. The lowest BCUT2D eigenvalue weighted by Gasteiger charge is -2.20. The van der Waals surface area contributed by atoms with Crippen molar-refractivity contribution >= 4 is 40.7 Å². The van der Waals surface area contributed by atoms with E-state index in [9.17, 15) is 9.90 Å². The van der Waals surface area contributed by atoms with Gasteiger partial charge in [-0.2, -0.15) is 0 Å². The number of hydrogen-bond acceptors (Lipinski definition) is 5. The van der Waals surface area contributed by atoms with Crippen molar-refractivity contribution in [3.05, 3.63) is 65.4 Å². The summed E-state index contributed by atoms with van der Waals surface area (Å²) in [5, 5.41) is 20.8. The minimum absolute atomic E-state index is 0.123. The third-order valence-corrected chi connectivity index (χ3v) is 3.92. The summed E-state index contributed by atoms with van der Waals surface area (Å²) < 4.78 is 0. The highest BCUT2D eigenvalue weighted by atomic mass is 16.4. The molecule has 0 fully saturated rings. The normalized spacial score (nSPS) is 14.6. The molecule has 132 valence electrons. The van der Waals surface area contributed by atoms with Crippen LogP contribution in [0.4, 0.5) is 11.4 Å². The Balaban J connectivity index is 2.10. The molecule has 0 amide bonds. The number of terminal acetylenes is 1. The van der Waals surface area contributed by atoms with Crippen LogP contribution < -0.4 is 5.32 Å². The Kier molecular flexibility index (Phi) is 4.95. The molecule has 0 saturated carbocycles. The molecular weight excluding hydrogens is 340 g/mol. The largest absolute Gasteiger partial charge is 0.478 e. The van der Waals surface area contributed by atoms with E-state index in [1.54, 1.807) is 43.6 Å². The van der Waals surface area contributed by atoms with Gasteiger partial charge in [-0.05, 0) is 37.3 Å². The number of aromatic carboxylic acids is 1. The van der Waals surface area contributed by atoms with Crippen molar-refractivity contribution in [2.75, 3.05) is 5.32 Å². The van der Waals surface area contributed by atoms with Gasteiger partial charge in [0.25, 0.3) is 0 Å². The fourth-order valence-electron chi connectivity index (χ4n) is 2.62. The van der Waals surface area contributed by atoms with Gasteiger partial charge in [-0.3, -0.25) is 10.4 Å². The van der Waals surface area contributed by atoms with Crippen LogP contribution in [0.1, 0.15) is 28.4 Å². The SMILES string of the molecule is C#Cc1cccc(NC2=Nc3cc(C(=O)O)ccc3/C(=C/N=C\C)C2=N)c1. The molecule has 6 heteroatoms. The van der Waals surface area contributed by atoms with Crippen molar-refractivity contribution in [3.63, 3.8) is 0 Å². The van der Waals surface area contributed by atoms with Crippen molar-refractivity contribution in [1.82, 2.24) is 0 Å². The van der Waals surface area contributed by atoms with E-state index in [0.717, 1.165) is 0 Å². The maximum absolute atomic E-state index is 11.3. The number of amidine groups is 1. The van der Waals surface area contributed by atoms with E-state index in [0.29, 0.717) is 28.1 Å².